The third-order valence-electron chi connectivity index (χ3n) is 9.71. The smallest absolute Gasteiger partial charge is 0 e. The molecule has 0 spiro atoms. The average molecular weight is 931 g/mol. The Labute approximate surface area is 328 Å². The Morgan fingerprint density at radius 3 is 2.23 bits per heavy atom. The third kappa shape index (κ3) is 6.86. The van der Waals surface area contributed by atoms with Gasteiger partial charge in [-0.3, -0.25) is 4.98 Å². The first-order valence-corrected chi connectivity index (χ1v) is 25.6. The normalized spacial score (nSPS) is 12.2. The molecule has 0 fully saturated rings. The van der Waals surface area contributed by atoms with Crippen molar-refractivity contribution < 1.29 is 21.5 Å². The molecule has 0 unspecified atom stereocenters. The van der Waals surface area contributed by atoms with Crippen LogP contribution in [0.1, 0.15) is 32.2 Å². The van der Waals surface area contributed by atoms with Gasteiger partial charge in [-0.05, 0) is 56.1 Å². The van der Waals surface area contributed by atoms with Crippen molar-refractivity contribution in [2.45, 2.75) is 43.9 Å². The molecule has 0 aliphatic rings. The van der Waals surface area contributed by atoms with E-state index >= 15 is 0 Å². The van der Waals surface area contributed by atoms with Crippen LogP contribution in [0.25, 0.3) is 75.0 Å². The topological polar surface area (TPSA) is 25.8 Å². The second-order valence-electron chi connectivity index (χ2n) is 14.6. The summed E-state index contributed by atoms with van der Waals surface area (Å²) in [5.74, 6) is 6.45. The molecule has 9 rings (SSSR count). The summed E-state index contributed by atoms with van der Waals surface area (Å²) in [6.45, 7) is 5.99. The van der Waals surface area contributed by atoms with Gasteiger partial charge in [0, 0.05) is 38.1 Å². The average Bonchev–Trinajstić information content (AvgIpc) is 3.55. The van der Waals surface area contributed by atoms with Crippen LogP contribution in [0.2, 0.25) is 17.3 Å². The SMILES string of the molecule is [2H]C(C)(C)c1ccnc(-c2[c-]c3ccccc3c3c2sc2c4ccc5cc(C)ccc5c4ccc23)c1.[CH3][Ge]([CH3])([CH3])[c]1ccc(-c2[c-]cccc2)nc1.[Ir]. The molecule has 0 saturated carbocycles. The number of rotatable bonds is 4. The van der Waals surface area contributed by atoms with Crippen molar-refractivity contribution in [3.05, 3.63) is 151 Å². The molecular weight excluding hydrogens is 889 g/mol. The van der Waals surface area contributed by atoms with E-state index in [1.54, 1.807) is 0 Å². The Morgan fingerprint density at radius 1 is 0.712 bits per heavy atom. The molecule has 0 atom stereocenters. The third-order valence-corrected chi connectivity index (χ3v) is 15.2. The molecule has 259 valence electrons. The minimum absolute atomic E-state index is 0. The molecule has 0 saturated heterocycles. The van der Waals surface area contributed by atoms with Gasteiger partial charge >= 0.3 is 99.8 Å². The predicted octanol–water partition coefficient (Wildman–Crippen LogP) is 12.9. The zero-order valence-electron chi connectivity index (χ0n) is 31.3. The fourth-order valence-electron chi connectivity index (χ4n) is 6.87. The maximum absolute atomic E-state index is 8.55. The fourth-order valence-corrected chi connectivity index (χ4v) is 10.4. The van der Waals surface area contributed by atoms with Gasteiger partial charge in [-0.2, -0.15) is 11.3 Å². The maximum atomic E-state index is 8.55. The Hall–Kier alpha value is -4.19. The van der Waals surface area contributed by atoms with Crippen LogP contribution < -0.4 is 4.40 Å². The van der Waals surface area contributed by atoms with Crippen LogP contribution >= 0.6 is 11.3 Å². The van der Waals surface area contributed by atoms with Crippen LogP contribution in [-0.4, -0.2) is 23.2 Å². The number of fused-ring (bicyclic) bond motifs is 9. The predicted molar refractivity (Wildman–Crippen MR) is 224 cm³/mol. The summed E-state index contributed by atoms with van der Waals surface area (Å²) < 4.78 is 12.5. The van der Waals surface area contributed by atoms with Gasteiger partial charge in [0.1, 0.15) is 0 Å². The Morgan fingerprint density at radius 2 is 1.48 bits per heavy atom. The minimum atomic E-state index is -1.72. The van der Waals surface area contributed by atoms with E-state index in [1.165, 1.54) is 57.1 Å². The number of aryl methyl sites for hydroxylation is 1. The van der Waals surface area contributed by atoms with Gasteiger partial charge < -0.3 is 0 Å². The van der Waals surface area contributed by atoms with Crippen LogP contribution in [0, 0.1) is 19.1 Å². The van der Waals surface area contributed by atoms with Crippen LogP contribution in [0.15, 0.2) is 128 Å². The van der Waals surface area contributed by atoms with Crippen molar-refractivity contribution in [3.63, 3.8) is 0 Å². The monoisotopic (exact) mass is 932 g/mol. The zero-order valence-corrected chi connectivity index (χ0v) is 35.6. The van der Waals surface area contributed by atoms with Gasteiger partial charge in [0.2, 0.25) is 0 Å². The largest absolute Gasteiger partial charge is 0 e. The molecule has 1 radical (unpaired) electrons. The number of nitrogens with zero attached hydrogens (tertiary/aromatic N) is 2. The second kappa shape index (κ2) is 14.7. The Bertz CT molecular complexity index is 2760. The first-order valence-electron chi connectivity index (χ1n) is 18.0. The first-order chi connectivity index (χ1) is 25.0. The van der Waals surface area contributed by atoms with E-state index < -0.39 is 19.2 Å². The van der Waals surface area contributed by atoms with E-state index in [0.717, 1.165) is 33.5 Å². The molecule has 5 heteroatoms. The van der Waals surface area contributed by atoms with E-state index in [0.29, 0.717) is 0 Å². The summed E-state index contributed by atoms with van der Waals surface area (Å²) in [6, 6.07) is 47.5. The van der Waals surface area contributed by atoms with Crippen molar-refractivity contribution in [2.75, 3.05) is 0 Å². The van der Waals surface area contributed by atoms with E-state index in [9.17, 15) is 0 Å². The number of thiophene rings is 1. The van der Waals surface area contributed by atoms with Crippen LogP contribution in [0.4, 0.5) is 0 Å². The molecule has 6 aromatic carbocycles. The summed E-state index contributed by atoms with van der Waals surface area (Å²) in [7, 11) is 0. The Balaban J connectivity index is 0.000000216. The maximum Gasteiger partial charge on any atom is 0 e. The number of hydrogen-bond donors (Lipinski definition) is 0. The van der Waals surface area contributed by atoms with E-state index in [2.05, 4.69) is 126 Å². The molecule has 3 aromatic heterocycles. The van der Waals surface area contributed by atoms with E-state index in [-0.39, 0.29) is 20.1 Å². The van der Waals surface area contributed by atoms with Crippen molar-refractivity contribution in [3.8, 4) is 22.5 Å². The standard InChI is InChI=1S/C33H24NS.C14H16GeN.Ir/c1-19(2)21-14-15-34-30(18-21)29-17-22-6-4-5-7-25(22)31-28-13-12-26-24-10-8-20(3)16-23(24)9-11-27(26)32(28)35-33(29)31;1-15(2,3)13-9-10-14(16-11-13)12-7-5-4-6-8-12;/h4-16,18-19H,1-3H3;4-7,9-11H,1-3H3;/q2*-1;/i19D;;. The van der Waals surface area contributed by atoms with Gasteiger partial charge in [0.25, 0.3) is 0 Å². The number of benzene rings is 6. The summed E-state index contributed by atoms with van der Waals surface area (Å²) in [5, 5.41) is 10.00. The molecule has 0 N–H and O–H groups in total. The van der Waals surface area contributed by atoms with E-state index in [1.807, 2.05) is 67.9 Å². The molecule has 0 amide bonds. The second-order valence-corrected chi connectivity index (χ2v) is 26.2. The van der Waals surface area contributed by atoms with Crippen molar-refractivity contribution in [1.29, 1.82) is 0 Å². The van der Waals surface area contributed by atoms with Gasteiger partial charge in [0.15, 0.2) is 0 Å². The summed E-state index contributed by atoms with van der Waals surface area (Å²) in [6.07, 6.45) is 3.86. The quantitative estimate of drug-likeness (QED) is 0.0998. The fraction of sp³-hybridized carbons (Fsp3) is 0.149. The minimum Gasteiger partial charge on any atom is 0 e. The number of aromatic nitrogens is 2. The van der Waals surface area contributed by atoms with Gasteiger partial charge in [-0.15, -0.1) is 17.5 Å². The van der Waals surface area contributed by atoms with Gasteiger partial charge in [-0.1, -0.05) is 102 Å². The molecule has 0 aliphatic carbocycles. The molecule has 52 heavy (non-hydrogen) atoms. The summed E-state index contributed by atoms with van der Waals surface area (Å²) >= 11 is 0.118. The number of pyridine rings is 2. The Kier molecular flexibility index (Phi) is 9.84. The first kappa shape index (κ1) is 34.9. The van der Waals surface area contributed by atoms with Crippen molar-refractivity contribution in [1.82, 2.24) is 9.97 Å². The molecular formula is C47H40GeIrN2S-2. The molecule has 9 aromatic rings. The zero-order chi connectivity index (χ0) is 36.2. The van der Waals surface area contributed by atoms with E-state index in [4.69, 9.17) is 6.35 Å². The molecule has 2 nitrogen and oxygen atoms in total. The summed E-state index contributed by atoms with van der Waals surface area (Å²) in [5.41, 5.74) is 6.20. The van der Waals surface area contributed by atoms with Crippen molar-refractivity contribution in [2.24, 2.45) is 0 Å². The molecule has 0 aliphatic heterocycles. The molecule has 0 bridgehead atoms. The summed E-state index contributed by atoms with van der Waals surface area (Å²) in [4.78, 5) is 9.28. The van der Waals surface area contributed by atoms with Gasteiger partial charge in [-0.25, -0.2) is 0 Å². The number of hydrogen-bond acceptors (Lipinski definition) is 3. The van der Waals surface area contributed by atoms with Gasteiger partial charge in [0.05, 0.1) is 0 Å². The van der Waals surface area contributed by atoms with Crippen LogP contribution in [0.5, 0.6) is 0 Å². The van der Waals surface area contributed by atoms with Crippen LogP contribution in [0.3, 0.4) is 0 Å². The molecule has 3 heterocycles. The van der Waals surface area contributed by atoms with Crippen molar-refractivity contribution >= 4 is 81.5 Å². The van der Waals surface area contributed by atoms with Crippen LogP contribution in [-0.2, 0) is 20.1 Å².